The van der Waals surface area contributed by atoms with E-state index >= 15 is 0 Å². The summed E-state index contributed by atoms with van der Waals surface area (Å²) in [6.07, 6.45) is 0.201. The summed E-state index contributed by atoms with van der Waals surface area (Å²) in [5.74, 6) is -0.497. The molecule has 1 heterocycles. The molecule has 28 heavy (non-hydrogen) atoms. The Labute approximate surface area is 166 Å². The third kappa shape index (κ3) is 5.52. The molecule has 2 aromatic carbocycles. The van der Waals surface area contributed by atoms with Gasteiger partial charge in [0.05, 0.1) is 11.3 Å². The average molecular weight is 393 g/mol. The van der Waals surface area contributed by atoms with E-state index in [-0.39, 0.29) is 24.1 Å². The van der Waals surface area contributed by atoms with Crippen molar-refractivity contribution in [3.8, 4) is 0 Å². The van der Waals surface area contributed by atoms with Crippen molar-refractivity contribution in [3.63, 3.8) is 0 Å². The molecule has 1 aromatic heterocycles. The van der Waals surface area contributed by atoms with E-state index in [1.165, 1.54) is 18.3 Å². The number of hydrogen-bond acceptors (Lipinski definition) is 4. The molecule has 0 atom stereocenters. The van der Waals surface area contributed by atoms with Gasteiger partial charge in [-0.3, -0.25) is 14.4 Å². The number of benzene rings is 2. The standard InChI is InChI=1S/C21H19N3O3S/c1-14(25)22-16-9-7-15(8-10-16)12-20(26)23-17-4-2-5-18(13-17)24-21(27)19-6-3-11-28-19/h2-11,13H,12H2,1H3,(H,22,25)(H,23,26)(H,24,27). The van der Waals surface area contributed by atoms with Gasteiger partial charge >= 0.3 is 0 Å². The molecule has 0 bridgehead atoms. The van der Waals surface area contributed by atoms with Crippen molar-refractivity contribution in [1.29, 1.82) is 0 Å². The molecule has 0 saturated heterocycles. The topological polar surface area (TPSA) is 87.3 Å². The maximum Gasteiger partial charge on any atom is 0.265 e. The molecule has 3 amide bonds. The van der Waals surface area contributed by atoms with Crippen LogP contribution in [0.15, 0.2) is 66.0 Å². The minimum Gasteiger partial charge on any atom is -0.326 e. The number of nitrogens with one attached hydrogen (secondary N) is 3. The van der Waals surface area contributed by atoms with Gasteiger partial charge in [0.2, 0.25) is 11.8 Å². The Kier molecular flexibility index (Phi) is 6.18. The first-order chi connectivity index (χ1) is 13.5. The van der Waals surface area contributed by atoms with Crippen LogP contribution in [0, 0.1) is 0 Å². The number of thiophene rings is 1. The molecule has 142 valence electrons. The highest BCUT2D eigenvalue weighted by molar-refractivity contribution is 7.12. The summed E-state index contributed by atoms with van der Waals surface area (Å²) in [6, 6.07) is 17.7. The van der Waals surface area contributed by atoms with Gasteiger partial charge in [0.1, 0.15) is 0 Å². The predicted octanol–water partition coefficient (Wildman–Crippen LogP) is 4.14. The molecule has 6 nitrogen and oxygen atoms in total. The van der Waals surface area contributed by atoms with E-state index in [1.807, 2.05) is 11.4 Å². The molecule has 0 spiro atoms. The second-order valence-corrected chi connectivity index (χ2v) is 7.06. The second-order valence-electron chi connectivity index (χ2n) is 6.12. The molecule has 0 aliphatic rings. The molecule has 0 radical (unpaired) electrons. The lowest BCUT2D eigenvalue weighted by Gasteiger charge is -2.09. The molecule has 0 fully saturated rings. The largest absolute Gasteiger partial charge is 0.326 e. The minimum atomic E-state index is -0.183. The van der Waals surface area contributed by atoms with Gasteiger partial charge in [-0.15, -0.1) is 11.3 Å². The fourth-order valence-electron chi connectivity index (χ4n) is 2.57. The Bertz CT molecular complexity index is 982. The van der Waals surface area contributed by atoms with Crippen molar-refractivity contribution >= 4 is 46.1 Å². The van der Waals surface area contributed by atoms with Crippen LogP contribution in [0.2, 0.25) is 0 Å². The molecule has 3 N–H and O–H groups in total. The molecule has 3 rings (SSSR count). The maximum atomic E-state index is 12.3. The molecule has 7 heteroatoms. The second kappa shape index (κ2) is 8.96. The summed E-state index contributed by atoms with van der Waals surface area (Å²) in [6.45, 7) is 1.44. The Balaban J connectivity index is 1.58. The van der Waals surface area contributed by atoms with Crippen LogP contribution in [0.1, 0.15) is 22.2 Å². The van der Waals surface area contributed by atoms with Crippen LogP contribution in [-0.2, 0) is 16.0 Å². The van der Waals surface area contributed by atoms with Gasteiger partial charge in [-0.2, -0.15) is 0 Å². The van der Waals surface area contributed by atoms with Crippen LogP contribution < -0.4 is 16.0 Å². The summed E-state index contributed by atoms with van der Waals surface area (Å²) in [7, 11) is 0. The van der Waals surface area contributed by atoms with E-state index in [4.69, 9.17) is 0 Å². The van der Waals surface area contributed by atoms with Gasteiger partial charge in [0.25, 0.3) is 5.91 Å². The fraction of sp³-hybridized carbons (Fsp3) is 0.0952. The van der Waals surface area contributed by atoms with E-state index in [2.05, 4.69) is 16.0 Å². The monoisotopic (exact) mass is 393 g/mol. The van der Waals surface area contributed by atoms with Crippen molar-refractivity contribution in [2.24, 2.45) is 0 Å². The smallest absolute Gasteiger partial charge is 0.265 e. The van der Waals surface area contributed by atoms with Crippen LogP contribution in [0.4, 0.5) is 17.1 Å². The molecule has 0 aliphatic carbocycles. The molecular weight excluding hydrogens is 374 g/mol. The van der Waals surface area contributed by atoms with Gasteiger partial charge in [-0.05, 0) is 47.3 Å². The maximum absolute atomic E-state index is 12.3. The Morgan fingerprint density at radius 1 is 0.821 bits per heavy atom. The fourth-order valence-corrected chi connectivity index (χ4v) is 3.19. The van der Waals surface area contributed by atoms with Gasteiger partial charge in [-0.1, -0.05) is 24.3 Å². The highest BCUT2D eigenvalue weighted by atomic mass is 32.1. The van der Waals surface area contributed by atoms with E-state index in [0.29, 0.717) is 21.9 Å². The average Bonchev–Trinajstić information content (AvgIpc) is 3.18. The normalized spacial score (nSPS) is 10.2. The summed E-state index contributed by atoms with van der Waals surface area (Å²) < 4.78 is 0. The van der Waals surface area contributed by atoms with Gasteiger partial charge < -0.3 is 16.0 Å². The first kappa shape index (κ1) is 19.3. The van der Waals surface area contributed by atoms with Crippen molar-refractivity contribution in [1.82, 2.24) is 0 Å². The van der Waals surface area contributed by atoms with Crippen LogP contribution in [0.3, 0.4) is 0 Å². The van der Waals surface area contributed by atoms with Crippen molar-refractivity contribution in [3.05, 3.63) is 76.5 Å². The lowest BCUT2D eigenvalue weighted by atomic mass is 10.1. The zero-order valence-corrected chi connectivity index (χ0v) is 16.0. The summed E-state index contributed by atoms with van der Waals surface area (Å²) in [5, 5.41) is 10.2. The number of carbonyl (C=O) groups is 3. The summed E-state index contributed by atoms with van der Waals surface area (Å²) in [5.41, 5.74) is 2.72. The lowest BCUT2D eigenvalue weighted by molar-refractivity contribution is -0.116. The quantitative estimate of drug-likeness (QED) is 0.588. The van der Waals surface area contributed by atoms with E-state index in [9.17, 15) is 14.4 Å². The Morgan fingerprint density at radius 3 is 2.18 bits per heavy atom. The molecule has 0 unspecified atom stereocenters. The van der Waals surface area contributed by atoms with Crippen molar-refractivity contribution < 1.29 is 14.4 Å². The van der Waals surface area contributed by atoms with Gasteiger partial charge in [-0.25, -0.2) is 0 Å². The van der Waals surface area contributed by atoms with Crippen molar-refractivity contribution in [2.45, 2.75) is 13.3 Å². The lowest BCUT2D eigenvalue weighted by Crippen LogP contribution is -2.15. The van der Waals surface area contributed by atoms with Gasteiger partial charge in [0.15, 0.2) is 0 Å². The molecular formula is C21H19N3O3S. The number of rotatable bonds is 6. The highest BCUT2D eigenvalue weighted by Gasteiger charge is 2.09. The third-order valence-electron chi connectivity index (χ3n) is 3.79. The number of amides is 3. The van der Waals surface area contributed by atoms with Crippen LogP contribution in [0.5, 0.6) is 0 Å². The van der Waals surface area contributed by atoms with Crippen molar-refractivity contribution in [2.75, 3.05) is 16.0 Å². The van der Waals surface area contributed by atoms with Crippen LogP contribution in [-0.4, -0.2) is 17.7 Å². The highest BCUT2D eigenvalue weighted by Crippen LogP contribution is 2.18. The third-order valence-corrected chi connectivity index (χ3v) is 4.66. The minimum absolute atomic E-state index is 0.142. The SMILES string of the molecule is CC(=O)Nc1ccc(CC(=O)Nc2cccc(NC(=O)c3cccs3)c2)cc1. The molecule has 3 aromatic rings. The number of carbonyl (C=O) groups excluding carboxylic acids is 3. The van der Waals surface area contributed by atoms with E-state index in [0.717, 1.165) is 5.56 Å². The number of hydrogen-bond donors (Lipinski definition) is 3. The van der Waals surface area contributed by atoms with E-state index < -0.39 is 0 Å². The Hall–Kier alpha value is -3.45. The Morgan fingerprint density at radius 2 is 1.54 bits per heavy atom. The first-order valence-corrected chi connectivity index (χ1v) is 9.49. The zero-order valence-electron chi connectivity index (χ0n) is 15.2. The molecule has 0 aliphatic heterocycles. The van der Waals surface area contributed by atoms with E-state index in [1.54, 1.807) is 54.6 Å². The first-order valence-electron chi connectivity index (χ1n) is 8.61. The van der Waals surface area contributed by atoms with Gasteiger partial charge in [0, 0.05) is 24.0 Å². The summed E-state index contributed by atoms with van der Waals surface area (Å²) >= 11 is 1.37. The summed E-state index contributed by atoms with van der Waals surface area (Å²) in [4.78, 5) is 36.1. The zero-order chi connectivity index (χ0) is 19.9. The molecule has 0 saturated carbocycles. The number of anilines is 3. The van der Waals surface area contributed by atoms with Crippen LogP contribution >= 0.6 is 11.3 Å². The predicted molar refractivity (Wildman–Crippen MR) is 112 cm³/mol. The van der Waals surface area contributed by atoms with Crippen LogP contribution in [0.25, 0.3) is 0 Å².